The van der Waals surface area contributed by atoms with Crippen LogP contribution in [0.5, 0.6) is 0 Å². The Hall–Kier alpha value is -0.270. The molecular formula is C10H24O9S3. The zero-order valence-electron chi connectivity index (χ0n) is 12.5. The first-order valence-corrected chi connectivity index (χ1v) is 11.2. The number of hydrogen-bond donors (Lipinski definition) is 3. The molecule has 12 heteroatoms. The lowest BCUT2D eigenvalue weighted by atomic mass is 10.3. The van der Waals surface area contributed by atoms with Gasteiger partial charge in [0.05, 0.1) is 5.75 Å². The highest BCUT2D eigenvalue weighted by Crippen LogP contribution is 2.14. The lowest BCUT2D eigenvalue weighted by Gasteiger charge is -2.08. The molecule has 0 aromatic rings. The van der Waals surface area contributed by atoms with E-state index in [-0.39, 0.29) is 12.2 Å². The van der Waals surface area contributed by atoms with Crippen molar-refractivity contribution in [1.29, 1.82) is 0 Å². The SMILES string of the molecule is CCCCC(S(=O)(=O)O)S(=O)(=O)O.CCCCCS(=O)(=O)O. The third-order valence-electron chi connectivity index (χ3n) is 2.46. The topological polar surface area (TPSA) is 163 Å². The van der Waals surface area contributed by atoms with Gasteiger partial charge in [-0.2, -0.15) is 25.3 Å². The molecule has 22 heavy (non-hydrogen) atoms. The van der Waals surface area contributed by atoms with Gasteiger partial charge < -0.3 is 0 Å². The fourth-order valence-corrected chi connectivity index (χ4v) is 4.08. The van der Waals surface area contributed by atoms with Crippen LogP contribution < -0.4 is 0 Å². The predicted molar refractivity (Wildman–Crippen MR) is 82.4 cm³/mol. The fraction of sp³-hybridized carbons (Fsp3) is 1.00. The van der Waals surface area contributed by atoms with Crippen LogP contribution in [0.3, 0.4) is 0 Å². The summed E-state index contributed by atoms with van der Waals surface area (Å²) in [6.07, 6.45) is 2.96. The van der Waals surface area contributed by atoms with Crippen LogP contribution in [-0.2, 0) is 30.4 Å². The summed E-state index contributed by atoms with van der Waals surface area (Å²) in [5.74, 6) is -0.0964. The Kier molecular flexibility index (Phi) is 11.4. The van der Waals surface area contributed by atoms with Crippen LogP contribution in [-0.4, -0.2) is 49.2 Å². The van der Waals surface area contributed by atoms with E-state index in [1.807, 2.05) is 6.92 Å². The molecule has 0 saturated carbocycles. The smallest absolute Gasteiger partial charge is 0.284 e. The molecule has 0 radical (unpaired) electrons. The van der Waals surface area contributed by atoms with E-state index in [0.29, 0.717) is 19.3 Å². The second kappa shape index (κ2) is 10.5. The van der Waals surface area contributed by atoms with Gasteiger partial charge in [-0.15, -0.1) is 0 Å². The lowest BCUT2D eigenvalue weighted by Crippen LogP contribution is -2.29. The molecule has 136 valence electrons. The van der Waals surface area contributed by atoms with Crippen LogP contribution in [0.2, 0.25) is 0 Å². The maximum atomic E-state index is 10.5. The summed E-state index contributed by atoms with van der Waals surface area (Å²) in [4.78, 5) is 0. The van der Waals surface area contributed by atoms with E-state index >= 15 is 0 Å². The van der Waals surface area contributed by atoms with Crippen molar-refractivity contribution < 1.29 is 38.9 Å². The third-order valence-corrected chi connectivity index (χ3v) is 6.53. The highest BCUT2D eigenvalue weighted by atomic mass is 32.3. The molecule has 9 nitrogen and oxygen atoms in total. The zero-order chi connectivity index (χ0) is 18.0. The molecular weight excluding hydrogens is 360 g/mol. The van der Waals surface area contributed by atoms with Crippen LogP contribution in [0, 0.1) is 0 Å². The maximum absolute atomic E-state index is 10.5. The van der Waals surface area contributed by atoms with Crippen LogP contribution in [0.4, 0.5) is 0 Å². The van der Waals surface area contributed by atoms with Gasteiger partial charge in [-0.25, -0.2) is 0 Å². The number of hydrogen-bond acceptors (Lipinski definition) is 6. The minimum Gasteiger partial charge on any atom is -0.286 e. The summed E-state index contributed by atoms with van der Waals surface area (Å²) in [6, 6.07) is 0. The van der Waals surface area contributed by atoms with E-state index < -0.39 is 34.9 Å². The van der Waals surface area contributed by atoms with Crippen molar-refractivity contribution in [1.82, 2.24) is 0 Å². The molecule has 3 N–H and O–H groups in total. The Bertz CT molecular complexity index is 558. The van der Waals surface area contributed by atoms with Crippen LogP contribution in [0.15, 0.2) is 0 Å². The first kappa shape index (κ1) is 24.0. The van der Waals surface area contributed by atoms with Crippen LogP contribution >= 0.6 is 0 Å². The average molecular weight is 384 g/mol. The fourth-order valence-electron chi connectivity index (χ4n) is 1.36. The van der Waals surface area contributed by atoms with Crippen molar-refractivity contribution in [3.05, 3.63) is 0 Å². The maximum Gasteiger partial charge on any atom is 0.284 e. The Morgan fingerprint density at radius 2 is 1.14 bits per heavy atom. The van der Waals surface area contributed by atoms with E-state index in [2.05, 4.69) is 0 Å². The quantitative estimate of drug-likeness (QED) is 0.393. The first-order chi connectivity index (χ1) is 9.75. The van der Waals surface area contributed by atoms with Crippen molar-refractivity contribution in [2.24, 2.45) is 0 Å². The van der Waals surface area contributed by atoms with Crippen LogP contribution in [0.25, 0.3) is 0 Å². The standard InChI is InChI=1S/C5H12O6S2.C5H12O3S/c1-2-3-4-5(12(6,7)8)13(9,10)11;1-2-3-4-5-9(6,7)8/h5H,2-4H2,1H3,(H,6,7,8)(H,9,10,11);2-5H2,1H3,(H,6,7,8). The Morgan fingerprint density at radius 3 is 1.41 bits per heavy atom. The van der Waals surface area contributed by atoms with E-state index in [1.54, 1.807) is 6.92 Å². The summed E-state index contributed by atoms with van der Waals surface area (Å²) >= 11 is 0. The summed E-state index contributed by atoms with van der Waals surface area (Å²) in [5, 5.41) is 0. The van der Waals surface area contributed by atoms with E-state index in [0.717, 1.165) is 12.8 Å². The summed E-state index contributed by atoms with van der Waals surface area (Å²) in [7, 11) is -13.2. The van der Waals surface area contributed by atoms with E-state index in [4.69, 9.17) is 13.7 Å². The lowest BCUT2D eigenvalue weighted by molar-refractivity contribution is 0.448. The molecule has 0 atom stereocenters. The zero-order valence-corrected chi connectivity index (χ0v) is 15.0. The molecule has 0 rings (SSSR count). The molecule has 0 saturated heterocycles. The summed E-state index contributed by atoms with van der Waals surface area (Å²) < 4.78 is 85.2. The average Bonchev–Trinajstić information content (AvgIpc) is 2.25. The van der Waals surface area contributed by atoms with Crippen molar-refractivity contribution in [2.75, 3.05) is 5.75 Å². The van der Waals surface area contributed by atoms with Gasteiger partial charge in [0.2, 0.25) is 4.58 Å². The molecule has 0 aliphatic rings. The molecule has 0 aliphatic carbocycles. The van der Waals surface area contributed by atoms with Gasteiger partial charge >= 0.3 is 0 Å². The van der Waals surface area contributed by atoms with Crippen LogP contribution in [0.1, 0.15) is 52.4 Å². The van der Waals surface area contributed by atoms with Gasteiger partial charge in [-0.3, -0.25) is 13.7 Å². The largest absolute Gasteiger partial charge is 0.286 e. The minimum atomic E-state index is -4.73. The monoisotopic (exact) mass is 384 g/mol. The van der Waals surface area contributed by atoms with Gasteiger partial charge in [0.25, 0.3) is 30.4 Å². The Morgan fingerprint density at radius 1 is 0.727 bits per heavy atom. The van der Waals surface area contributed by atoms with Crippen molar-refractivity contribution in [3.8, 4) is 0 Å². The number of rotatable bonds is 9. The van der Waals surface area contributed by atoms with Gasteiger partial charge in [-0.1, -0.05) is 39.5 Å². The molecule has 0 fully saturated rings. The Balaban J connectivity index is 0. The van der Waals surface area contributed by atoms with Gasteiger partial charge in [0.15, 0.2) is 0 Å². The minimum absolute atomic E-state index is 0.0964. The highest BCUT2D eigenvalue weighted by Gasteiger charge is 2.34. The van der Waals surface area contributed by atoms with Crippen molar-refractivity contribution >= 4 is 30.4 Å². The van der Waals surface area contributed by atoms with E-state index in [1.165, 1.54) is 0 Å². The molecule has 0 aromatic heterocycles. The molecule has 0 amide bonds. The van der Waals surface area contributed by atoms with Gasteiger partial charge in [0, 0.05) is 0 Å². The van der Waals surface area contributed by atoms with Crippen molar-refractivity contribution in [2.45, 2.75) is 57.0 Å². The normalized spacial score (nSPS) is 12.8. The summed E-state index contributed by atoms with van der Waals surface area (Å²) in [5.41, 5.74) is 0. The highest BCUT2D eigenvalue weighted by molar-refractivity contribution is 8.03. The molecule has 0 heterocycles. The Labute approximate surface area is 132 Å². The predicted octanol–water partition coefficient (Wildman–Crippen LogP) is 1.34. The second-order valence-corrected chi connectivity index (χ2v) is 9.66. The first-order valence-electron chi connectivity index (χ1n) is 6.63. The molecule has 0 bridgehead atoms. The molecule has 0 aliphatic heterocycles. The second-order valence-electron chi connectivity index (χ2n) is 4.59. The summed E-state index contributed by atoms with van der Waals surface area (Å²) in [6.45, 7) is 3.70. The van der Waals surface area contributed by atoms with Gasteiger partial charge in [0.1, 0.15) is 0 Å². The number of unbranched alkanes of at least 4 members (excludes halogenated alkanes) is 3. The molecule has 0 spiro atoms. The van der Waals surface area contributed by atoms with Gasteiger partial charge in [-0.05, 0) is 12.8 Å². The van der Waals surface area contributed by atoms with E-state index in [9.17, 15) is 25.3 Å². The molecule has 0 aromatic carbocycles. The molecule has 0 unspecified atom stereocenters. The van der Waals surface area contributed by atoms with Crippen molar-refractivity contribution in [3.63, 3.8) is 0 Å². The third kappa shape index (κ3) is 14.7.